The highest BCUT2D eigenvalue weighted by atomic mass is 32.1. The molecule has 9 aromatic heterocycles. The molecule has 0 bridgehead atoms. The normalized spacial score (nSPS) is 16.5. The summed E-state index contributed by atoms with van der Waals surface area (Å²) >= 11 is 1.51. The van der Waals surface area contributed by atoms with Gasteiger partial charge in [0.2, 0.25) is 0 Å². The number of morpholine rings is 2. The number of allylic oxidation sites excluding steroid dienone is 1. The Kier molecular flexibility index (Phi) is 25.5. The molecule has 0 saturated carbocycles. The van der Waals surface area contributed by atoms with Gasteiger partial charge >= 0.3 is 0 Å². The highest BCUT2D eigenvalue weighted by Crippen LogP contribution is 2.41. The number of piperazine rings is 4. The predicted molar refractivity (Wildman–Crippen MR) is 549 cm³/mol. The molecule has 6 N–H and O–H groups in total. The van der Waals surface area contributed by atoms with E-state index in [4.69, 9.17) is 14.5 Å². The van der Waals surface area contributed by atoms with Gasteiger partial charge in [0.05, 0.1) is 132 Å². The van der Waals surface area contributed by atoms with Crippen LogP contribution in [0, 0.1) is 34.9 Å². The number of anilines is 7. The van der Waals surface area contributed by atoms with Crippen molar-refractivity contribution in [1.82, 2.24) is 79.5 Å². The molecule has 9 aromatic carbocycles. The van der Waals surface area contributed by atoms with E-state index in [1.807, 2.05) is 132 Å². The molecule has 38 heteroatoms. The molecule has 0 radical (unpaired) electrons. The van der Waals surface area contributed by atoms with E-state index in [9.17, 15) is 37.1 Å². The van der Waals surface area contributed by atoms with E-state index in [1.165, 1.54) is 61.0 Å². The lowest BCUT2D eigenvalue weighted by molar-refractivity contribution is -0.114. The molecule has 728 valence electrons. The van der Waals surface area contributed by atoms with Crippen molar-refractivity contribution in [3.05, 3.63) is 311 Å². The summed E-state index contributed by atoms with van der Waals surface area (Å²) in [5.74, 6) is -3.43. The Balaban J connectivity index is 0.000000102. The number of hydrogen-bond acceptors (Lipinski definition) is 23. The molecular weight excluding hydrogens is 1860 g/mol. The summed E-state index contributed by atoms with van der Waals surface area (Å²) < 4.78 is 108. The second kappa shape index (κ2) is 39.5. The van der Waals surface area contributed by atoms with Gasteiger partial charge in [0.15, 0.2) is 17.5 Å². The summed E-state index contributed by atoms with van der Waals surface area (Å²) in [7, 11) is 4.05. The molecule has 7 aliphatic heterocycles. The third-order valence-electron chi connectivity index (χ3n) is 27.5. The molecule has 18 aromatic rings. The number of aromatic nitrogens is 12. The second-order valence-corrected chi connectivity index (χ2v) is 36.9. The van der Waals surface area contributed by atoms with Crippen LogP contribution < -0.4 is 67.3 Å². The van der Waals surface area contributed by atoms with Crippen LogP contribution in [-0.2, 0) is 20.7 Å². The number of ether oxygens (including phenoxy) is 2. The van der Waals surface area contributed by atoms with Crippen LogP contribution in [0.5, 0.6) is 0 Å². The molecule has 6 saturated heterocycles. The van der Waals surface area contributed by atoms with Crippen LogP contribution in [0.4, 0.5) is 66.2 Å². The first-order valence-electron chi connectivity index (χ1n) is 47.6. The van der Waals surface area contributed by atoms with Gasteiger partial charge in [-0.15, -0.1) is 0 Å². The van der Waals surface area contributed by atoms with Crippen LogP contribution in [0.25, 0.3) is 110 Å². The summed E-state index contributed by atoms with van der Waals surface area (Å²) in [6.07, 6.45) is 8.02. The first-order valence-corrected chi connectivity index (χ1v) is 48.5. The molecule has 31 nitrogen and oxygen atoms in total. The van der Waals surface area contributed by atoms with Crippen LogP contribution in [-0.4, -0.2) is 252 Å². The zero-order valence-corrected chi connectivity index (χ0v) is 78.9. The van der Waals surface area contributed by atoms with Gasteiger partial charge in [-0.05, 0) is 129 Å². The van der Waals surface area contributed by atoms with Gasteiger partial charge in [0.1, 0.15) is 45.6 Å². The van der Waals surface area contributed by atoms with Crippen molar-refractivity contribution in [2.45, 2.75) is 6.42 Å². The topological polar surface area (TPSA) is 304 Å². The predicted octanol–water partition coefficient (Wildman–Crippen LogP) is 13.3. The van der Waals surface area contributed by atoms with Crippen LogP contribution in [0.15, 0.2) is 247 Å². The van der Waals surface area contributed by atoms with Gasteiger partial charge in [-0.3, -0.25) is 64.3 Å². The van der Waals surface area contributed by atoms with Crippen molar-refractivity contribution in [3.8, 4) is 22.7 Å². The number of carbonyl (C=O) groups excluding carboxylic acids is 1. The fourth-order valence-electron chi connectivity index (χ4n) is 19.8. The number of carbonyl (C=O) groups is 1. The molecule has 0 unspecified atom stereocenters. The van der Waals surface area contributed by atoms with E-state index in [1.54, 1.807) is 69.3 Å². The Morgan fingerprint density at radius 3 is 1.32 bits per heavy atom. The van der Waals surface area contributed by atoms with Gasteiger partial charge in [0, 0.05) is 199 Å². The maximum absolute atomic E-state index is 15.3. The van der Waals surface area contributed by atoms with Crippen LogP contribution >= 0.6 is 11.3 Å². The Hall–Kier alpha value is -15.6. The number of hydrogen-bond donors (Lipinski definition) is 6. The number of pyridine rings is 4. The van der Waals surface area contributed by atoms with E-state index >= 15 is 13.2 Å². The highest BCUT2D eigenvalue weighted by Gasteiger charge is 2.39. The third kappa shape index (κ3) is 17.6. The summed E-state index contributed by atoms with van der Waals surface area (Å²) in [6.45, 7) is 17.7. The minimum absolute atomic E-state index is 0.0157. The Morgan fingerprint density at radius 1 is 0.350 bits per heavy atom. The molecule has 16 heterocycles. The molecule has 1 aliphatic carbocycles. The summed E-state index contributed by atoms with van der Waals surface area (Å²) in [5, 5.41) is 32.8. The monoisotopic (exact) mass is 1950 g/mol. The Bertz CT molecular complexity index is 8220. The number of rotatable bonds is 11. The minimum atomic E-state index is -0.695. The number of aromatic amines is 4. The van der Waals surface area contributed by atoms with Crippen molar-refractivity contribution in [1.29, 1.82) is 0 Å². The first-order chi connectivity index (χ1) is 69.8. The Labute approximate surface area is 816 Å². The highest BCUT2D eigenvalue weighted by molar-refractivity contribution is 7.08. The van der Waals surface area contributed by atoms with E-state index in [0.29, 0.717) is 160 Å². The number of benzene rings is 9. The number of para-hydroxylation sites is 4. The van der Waals surface area contributed by atoms with E-state index in [2.05, 4.69) is 94.8 Å². The summed E-state index contributed by atoms with van der Waals surface area (Å²) in [6, 6.07) is 52.7. The maximum Gasteiger partial charge on any atom is 0.280 e. The number of hydrazone groups is 1. The van der Waals surface area contributed by atoms with Crippen molar-refractivity contribution >= 4 is 150 Å². The molecule has 26 rings (SSSR count). The minimum Gasteiger partial charge on any atom is -0.378 e. The van der Waals surface area contributed by atoms with E-state index in [-0.39, 0.29) is 79.4 Å². The van der Waals surface area contributed by atoms with E-state index < -0.39 is 23.3 Å². The average molecular weight is 1950 g/mol. The molecule has 0 atom stereocenters. The largest absolute Gasteiger partial charge is 0.378 e. The zero-order valence-electron chi connectivity index (χ0n) is 78.0. The number of fused-ring (bicyclic) bond motifs is 15. The number of nitrogens with one attached hydrogen (secondary N) is 6. The van der Waals surface area contributed by atoms with Crippen LogP contribution in [0.1, 0.15) is 11.1 Å². The maximum atomic E-state index is 15.3. The molecule has 1 amide bonds. The van der Waals surface area contributed by atoms with Crippen molar-refractivity contribution in [3.63, 3.8) is 0 Å². The van der Waals surface area contributed by atoms with Gasteiger partial charge in [-0.25, -0.2) is 45.1 Å². The van der Waals surface area contributed by atoms with Gasteiger partial charge in [-0.1, -0.05) is 78.9 Å². The SMILES string of the molecule is CN1CCN(c2c(F)cc3c(ncc4c(=O)n(-c5ccccc5)[nH]c43)c2F)CC1.CN1CCN(c2cc3ncc4c(=O)n(-c5ccsc5)[nH]c4c3cc2F)CC1.O=C1C2=CCc3c(cc(F)c(N4CCNCC4)c3F)C2=NN1c1ccccc1.O=c1c2cnc3c(F)c(N4CCNCC4)ccc3c2[nH]n1-c1ccccc1.O=c1c2cnc3c(N4CCOCC4)cc(N4CCOCC4)cc3c2[nH]n1-c1ccccc1. The van der Waals surface area contributed by atoms with Gasteiger partial charge in [-0.2, -0.15) is 21.4 Å². The van der Waals surface area contributed by atoms with Gasteiger partial charge < -0.3 is 59.3 Å². The van der Waals surface area contributed by atoms with Gasteiger partial charge in [0.25, 0.3) is 28.1 Å². The standard InChI is InChI=1S/C24H25N5O3.C21H19F2N5O.C21H18F2N4O.C20H18FN5O.C19H18FN5OS/c30-24-20-16-25-23-19(22(20)26-29(24)17-4-2-1-3-5-17)14-18(27-6-10-31-11-7-27)15-21(23)28-8-12-32-13-9-28;1-26-7-9-27(10-8-26)20-16(22)11-14-18-15(12-24-19(14)17(20)23)21(29)28(25-18)13-5-3-2-4-6-13;22-17-12-16-14(18(23)20(17)26-10-8-24-9-11-26)6-7-15-19(16)25-27(21(15)28)13-4-2-1-3-5-13;21-17-16(25-10-8-22-9-11-25)7-6-14-18-15(12-23-19(14)17)20(27)26(24-18)13-4-2-1-3-5-13;1-23-3-5-24(6-4-23)17-9-16-13(8-15(17)20)18-14(10-21-16)19(26)25(22-18)12-2-7-27-11-12/h1-5,14-16,26H,6-13H2;2-6,11-12,25H,7-10H2,1H3;1-5,7,12,24H,6,8-11H2;1-7,12,22,24H,8-11H2;2,7-11,22H,3-6H2,1H3. The van der Waals surface area contributed by atoms with Crippen molar-refractivity contribution in [2.75, 3.05) is 206 Å². The van der Waals surface area contributed by atoms with Crippen LogP contribution in [0.3, 0.4) is 0 Å². The lowest BCUT2D eigenvalue weighted by atomic mass is 9.88. The summed E-state index contributed by atoms with van der Waals surface area (Å²) in [4.78, 5) is 98.4. The smallest absolute Gasteiger partial charge is 0.280 e. The lowest BCUT2D eigenvalue weighted by Gasteiger charge is -2.34. The fourth-order valence-corrected chi connectivity index (χ4v) is 20.5. The fraction of sp³-hybridized carbons (Fsp3) is 0.257. The van der Waals surface area contributed by atoms with E-state index in [0.717, 1.165) is 136 Å². The number of amides is 1. The summed E-state index contributed by atoms with van der Waals surface area (Å²) in [5.41, 5.74) is 11.8. The number of H-pyrrole nitrogens is 4. The first kappa shape index (κ1) is 92.4. The lowest BCUT2D eigenvalue weighted by Crippen LogP contribution is -2.45. The number of nitrogens with zero attached hydrogens (tertiary/aromatic N) is 18. The molecule has 8 aliphatic rings. The van der Waals surface area contributed by atoms with Crippen LogP contribution in [0.2, 0.25) is 0 Å². The molecular formula is C105H98F6N24O7S. The molecule has 6 fully saturated rings. The molecule has 0 spiro atoms. The number of thiophene rings is 1. The third-order valence-corrected chi connectivity index (χ3v) is 28.2. The quantitative estimate of drug-likeness (QED) is 0.0656. The van der Waals surface area contributed by atoms with Crippen molar-refractivity contribution in [2.24, 2.45) is 5.10 Å². The number of likely N-dealkylation sites (N-methyl/N-ethyl adjacent to an activating group) is 2. The second-order valence-electron chi connectivity index (χ2n) is 36.1. The Morgan fingerprint density at radius 2 is 0.783 bits per heavy atom. The molecule has 143 heavy (non-hydrogen) atoms. The number of halogens is 6. The van der Waals surface area contributed by atoms with Crippen molar-refractivity contribution < 1.29 is 40.6 Å². The zero-order chi connectivity index (χ0) is 97.8. The average Bonchev–Trinajstić information content (AvgIpc) is 1.62.